The van der Waals surface area contributed by atoms with Crippen LogP contribution >= 0.6 is 11.6 Å². The molecule has 8 heteroatoms. The summed E-state index contributed by atoms with van der Waals surface area (Å²) in [5, 5.41) is 9.56. The molecule has 0 fully saturated rings. The molecule has 3 rings (SSSR count). The Morgan fingerprint density at radius 1 is 1.24 bits per heavy atom. The van der Waals surface area contributed by atoms with Crippen molar-refractivity contribution >= 4 is 34.9 Å². The molecule has 2 aliphatic carbocycles. The van der Waals surface area contributed by atoms with Crippen molar-refractivity contribution in [1.82, 2.24) is 0 Å². The van der Waals surface area contributed by atoms with Gasteiger partial charge < -0.3 is 14.6 Å². The number of carbonyl (C=O) groups is 4. The number of aliphatic hydroxyl groups is 1. The molecule has 0 radical (unpaired) electrons. The van der Waals surface area contributed by atoms with Gasteiger partial charge in [0.2, 0.25) is 17.2 Å². The molecule has 200 valence electrons. The number of Topliss-reactive ketones (excluding diaryl/α,β-unsaturated/α-hetero) is 3. The van der Waals surface area contributed by atoms with E-state index >= 15 is 0 Å². The van der Waals surface area contributed by atoms with Crippen molar-refractivity contribution in [2.45, 2.75) is 91.3 Å². The summed E-state index contributed by atoms with van der Waals surface area (Å²) >= 11 is 6.41. The lowest BCUT2D eigenvalue weighted by Gasteiger charge is -2.33. The van der Waals surface area contributed by atoms with Gasteiger partial charge in [0.15, 0.2) is 5.78 Å². The first-order chi connectivity index (χ1) is 17.4. The van der Waals surface area contributed by atoms with E-state index in [9.17, 15) is 24.3 Å². The van der Waals surface area contributed by atoms with Crippen LogP contribution in [0, 0.1) is 5.92 Å². The average molecular weight is 531 g/mol. The molecule has 0 aromatic carbocycles. The lowest BCUT2D eigenvalue weighted by Crippen LogP contribution is -2.52. The van der Waals surface area contributed by atoms with Gasteiger partial charge in [-0.3, -0.25) is 14.4 Å². The van der Waals surface area contributed by atoms with E-state index in [1.165, 1.54) is 19.4 Å². The van der Waals surface area contributed by atoms with E-state index < -0.39 is 29.2 Å². The standard InChI is InChI=1S/C29H35ClO7/c1-6-7-8-9-10-16(2)11-18(4)28(35)37-29(5)26(33)21-15-36-23(14-20(21)25(30)27(29)34)24-17(3)12-19(31)13-22(24)32/h11,14-16,19,31H,6-10,12-13H2,1-5H3/b18-11+/t16-,19?,29-/m0/s1. The van der Waals surface area contributed by atoms with Crippen LogP contribution in [0.4, 0.5) is 0 Å². The molecule has 37 heavy (non-hydrogen) atoms. The summed E-state index contributed by atoms with van der Waals surface area (Å²) < 4.78 is 11.1. The second-order valence-corrected chi connectivity index (χ2v) is 10.7. The molecular weight excluding hydrogens is 496 g/mol. The fourth-order valence-electron chi connectivity index (χ4n) is 4.87. The third-order valence-corrected chi connectivity index (χ3v) is 7.37. The fourth-order valence-corrected chi connectivity index (χ4v) is 5.21. The Hall–Kier alpha value is -2.77. The largest absolute Gasteiger partial charge is 0.463 e. The first kappa shape index (κ1) is 28.8. The summed E-state index contributed by atoms with van der Waals surface area (Å²) in [5.41, 5.74) is -0.807. The van der Waals surface area contributed by atoms with E-state index in [1.54, 1.807) is 19.9 Å². The molecule has 1 unspecified atom stereocenters. The van der Waals surface area contributed by atoms with Crippen LogP contribution in [0.1, 0.15) is 79.6 Å². The van der Waals surface area contributed by atoms with Gasteiger partial charge in [-0.25, -0.2) is 4.79 Å². The lowest BCUT2D eigenvalue weighted by molar-refractivity contribution is -0.166. The molecule has 3 aliphatic rings. The van der Waals surface area contributed by atoms with Gasteiger partial charge in [-0.1, -0.05) is 62.8 Å². The van der Waals surface area contributed by atoms with Crippen molar-refractivity contribution < 1.29 is 33.8 Å². The first-order valence-corrected chi connectivity index (χ1v) is 13.2. The molecule has 0 aromatic rings. The third kappa shape index (κ3) is 6.04. The quantitative estimate of drug-likeness (QED) is 0.186. The SMILES string of the molecule is CCCCCC[C@H](C)/C=C(\C)C(=O)O[C@@]1(C)C(=O)C2=COC(C3=C(C)CC(O)CC3=O)=CC2=C(Cl)C1=O. The highest BCUT2D eigenvalue weighted by atomic mass is 35.5. The molecule has 1 heterocycles. The smallest absolute Gasteiger partial charge is 0.334 e. The highest BCUT2D eigenvalue weighted by Crippen LogP contribution is 2.41. The third-order valence-electron chi connectivity index (χ3n) is 7.00. The zero-order valence-corrected chi connectivity index (χ0v) is 22.9. The van der Waals surface area contributed by atoms with Crippen LogP contribution in [0.15, 0.2) is 57.1 Å². The van der Waals surface area contributed by atoms with Gasteiger partial charge in [0.05, 0.1) is 22.3 Å². The maximum Gasteiger partial charge on any atom is 0.334 e. The molecule has 0 spiro atoms. The average Bonchev–Trinajstić information content (AvgIpc) is 2.83. The van der Waals surface area contributed by atoms with Gasteiger partial charge >= 0.3 is 5.97 Å². The van der Waals surface area contributed by atoms with Crippen LogP contribution < -0.4 is 0 Å². The zero-order chi connectivity index (χ0) is 27.5. The monoisotopic (exact) mass is 530 g/mol. The van der Waals surface area contributed by atoms with E-state index in [4.69, 9.17) is 21.1 Å². The minimum atomic E-state index is -2.14. The molecule has 0 saturated carbocycles. The van der Waals surface area contributed by atoms with Crippen LogP contribution in [0.5, 0.6) is 0 Å². The topological polar surface area (TPSA) is 107 Å². The highest BCUT2D eigenvalue weighted by molar-refractivity contribution is 6.49. The molecule has 3 atom stereocenters. The molecular formula is C29H35ClO7. The minimum absolute atomic E-state index is 0.0175. The van der Waals surface area contributed by atoms with Crippen molar-refractivity contribution in [2.24, 2.45) is 5.92 Å². The van der Waals surface area contributed by atoms with Gasteiger partial charge in [-0.05, 0) is 45.6 Å². The van der Waals surface area contributed by atoms with E-state index in [-0.39, 0.29) is 40.1 Å². The molecule has 1 N–H and O–H groups in total. The predicted molar refractivity (Wildman–Crippen MR) is 139 cm³/mol. The second-order valence-electron chi connectivity index (χ2n) is 10.3. The van der Waals surface area contributed by atoms with E-state index in [1.807, 2.05) is 6.92 Å². The van der Waals surface area contributed by atoms with Crippen molar-refractivity contribution in [3.63, 3.8) is 0 Å². The summed E-state index contributed by atoms with van der Waals surface area (Å²) in [5.74, 6) is -2.36. The Kier molecular flexibility index (Phi) is 9.13. The van der Waals surface area contributed by atoms with Crippen molar-refractivity contribution in [3.8, 4) is 0 Å². The van der Waals surface area contributed by atoms with Crippen molar-refractivity contribution in [2.75, 3.05) is 0 Å². The maximum absolute atomic E-state index is 13.4. The zero-order valence-electron chi connectivity index (χ0n) is 22.1. The number of rotatable bonds is 9. The molecule has 1 aliphatic heterocycles. The van der Waals surface area contributed by atoms with Gasteiger partial charge in [0.25, 0.3) is 0 Å². The van der Waals surface area contributed by atoms with Gasteiger partial charge in [0.1, 0.15) is 12.0 Å². The number of carbonyl (C=O) groups excluding carboxylic acids is 4. The summed E-state index contributed by atoms with van der Waals surface area (Å²) in [6.07, 6.45) is 9.24. The number of aliphatic hydroxyl groups excluding tert-OH is 1. The summed E-state index contributed by atoms with van der Waals surface area (Å²) in [6, 6.07) is 0. The Labute approximate surface area is 222 Å². The number of hydrogen-bond acceptors (Lipinski definition) is 7. The highest BCUT2D eigenvalue weighted by Gasteiger charge is 2.53. The lowest BCUT2D eigenvalue weighted by atomic mass is 9.79. The number of allylic oxidation sites excluding steroid dienone is 4. The summed E-state index contributed by atoms with van der Waals surface area (Å²) in [7, 11) is 0. The van der Waals surface area contributed by atoms with E-state index in [0.717, 1.165) is 31.9 Å². The van der Waals surface area contributed by atoms with Crippen LogP contribution in [0.25, 0.3) is 0 Å². The van der Waals surface area contributed by atoms with Gasteiger partial charge in [-0.15, -0.1) is 0 Å². The normalized spacial score (nSPS) is 25.4. The van der Waals surface area contributed by atoms with Crippen molar-refractivity contribution in [3.05, 3.63) is 57.1 Å². The van der Waals surface area contributed by atoms with Crippen LogP contribution in [-0.4, -0.2) is 40.1 Å². The first-order valence-electron chi connectivity index (χ1n) is 12.8. The number of fused-ring (bicyclic) bond motifs is 1. The van der Waals surface area contributed by atoms with Gasteiger partial charge in [-0.2, -0.15) is 0 Å². The Morgan fingerprint density at radius 3 is 2.59 bits per heavy atom. The number of ether oxygens (including phenoxy) is 2. The van der Waals surface area contributed by atoms with Crippen LogP contribution in [-0.2, 0) is 28.7 Å². The molecule has 0 aromatic heterocycles. The number of hydrogen-bond donors (Lipinski definition) is 1. The van der Waals surface area contributed by atoms with Crippen LogP contribution in [0.3, 0.4) is 0 Å². The fraction of sp³-hybridized carbons (Fsp3) is 0.517. The summed E-state index contributed by atoms with van der Waals surface area (Å²) in [6.45, 7) is 8.70. The van der Waals surface area contributed by atoms with E-state index in [2.05, 4.69) is 6.92 Å². The van der Waals surface area contributed by atoms with Crippen molar-refractivity contribution in [1.29, 1.82) is 0 Å². The second kappa shape index (κ2) is 11.7. The number of unbranched alkanes of at least 4 members (excludes halogenated alkanes) is 3. The summed E-state index contributed by atoms with van der Waals surface area (Å²) in [4.78, 5) is 52.0. The Morgan fingerprint density at radius 2 is 1.95 bits per heavy atom. The predicted octanol–water partition coefficient (Wildman–Crippen LogP) is 5.32. The number of esters is 1. The van der Waals surface area contributed by atoms with Gasteiger partial charge in [0, 0.05) is 17.6 Å². The Balaban J connectivity index is 1.83. The van der Waals surface area contributed by atoms with Crippen LogP contribution in [0.2, 0.25) is 0 Å². The maximum atomic E-state index is 13.4. The minimum Gasteiger partial charge on any atom is -0.463 e. The molecule has 0 saturated heterocycles. The molecule has 7 nitrogen and oxygen atoms in total. The number of halogens is 1. The number of ketones is 3. The molecule has 0 amide bonds. The van der Waals surface area contributed by atoms with E-state index in [0.29, 0.717) is 23.1 Å². The molecule has 0 bridgehead atoms. The Bertz CT molecular complexity index is 1170.